The average Bonchev–Trinajstić information content (AvgIpc) is 3.16. The number of rotatable bonds is 10. The van der Waals surface area contributed by atoms with E-state index in [1.165, 1.54) is 37.5 Å². The number of nitrogens with one attached hydrogen (secondary N) is 1. The Balaban J connectivity index is 1.74. The summed E-state index contributed by atoms with van der Waals surface area (Å²) in [6.45, 7) is 2.06. The molecule has 0 saturated carbocycles. The second kappa shape index (κ2) is 11.1. The summed E-state index contributed by atoms with van der Waals surface area (Å²) >= 11 is 0. The summed E-state index contributed by atoms with van der Waals surface area (Å²) in [5.74, 6) is -3.37. The maximum Gasteiger partial charge on any atom is 0.339 e. The van der Waals surface area contributed by atoms with Gasteiger partial charge >= 0.3 is 5.97 Å². The van der Waals surface area contributed by atoms with Crippen LogP contribution in [0, 0.1) is 0 Å². The molecule has 0 radical (unpaired) electrons. The smallest absolute Gasteiger partial charge is 0.339 e. The number of anilines is 1. The monoisotopic (exact) mass is 567 g/mol. The summed E-state index contributed by atoms with van der Waals surface area (Å²) < 4.78 is 35.7. The molecule has 40 heavy (non-hydrogen) atoms. The van der Waals surface area contributed by atoms with Crippen molar-refractivity contribution in [2.24, 2.45) is 5.10 Å². The van der Waals surface area contributed by atoms with E-state index < -0.39 is 50.8 Å². The highest BCUT2D eigenvalue weighted by atomic mass is 32.2. The summed E-state index contributed by atoms with van der Waals surface area (Å²) in [7, 11) is -2.23. The Hall–Kier alpha value is -4.78. The lowest BCUT2D eigenvalue weighted by molar-refractivity contribution is -0.134. The standard InChI is InChI=1S/C27H25N3O9S/c1-4-39-23-12-15(8-11-22(23)38-2)20(14-40(3,36)37)30-25(32)17-6-5-7-19(24(17)26(30)33)29-28-16-9-10-21(31)18(13-16)27(34)35/h5-13,20,29H,4,14H2,1-3H3,(H,34,35)/b28-16-/t20-/m1/s1. The Morgan fingerprint density at radius 1 is 1.10 bits per heavy atom. The lowest BCUT2D eigenvalue weighted by Crippen LogP contribution is -2.37. The fourth-order valence-corrected chi connectivity index (χ4v) is 5.25. The first-order valence-corrected chi connectivity index (χ1v) is 14.0. The molecule has 0 bridgehead atoms. The van der Waals surface area contributed by atoms with Gasteiger partial charge in [0.1, 0.15) is 15.4 Å². The Morgan fingerprint density at radius 2 is 1.85 bits per heavy atom. The number of carboxylic acid groups (broad SMARTS) is 1. The molecule has 208 valence electrons. The molecular weight excluding hydrogens is 542 g/mol. The molecule has 2 aromatic carbocycles. The molecule has 2 aromatic rings. The van der Waals surface area contributed by atoms with Crippen LogP contribution >= 0.6 is 0 Å². The number of ketones is 1. The van der Waals surface area contributed by atoms with Crippen molar-refractivity contribution >= 4 is 44.8 Å². The molecule has 0 saturated heterocycles. The number of carboxylic acids is 1. The molecule has 13 heteroatoms. The zero-order chi connectivity index (χ0) is 29.2. The number of carbonyl (C=O) groups is 4. The average molecular weight is 568 g/mol. The molecule has 0 fully saturated rings. The predicted octanol–water partition coefficient (Wildman–Crippen LogP) is 2.39. The number of fused-ring (bicyclic) bond motifs is 1. The Labute approximate surface area is 229 Å². The highest BCUT2D eigenvalue weighted by Gasteiger charge is 2.43. The lowest BCUT2D eigenvalue weighted by atomic mass is 10.0. The third-order valence-electron chi connectivity index (χ3n) is 6.09. The quantitative estimate of drug-likeness (QED) is 0.188. The third kappa shape index (κ3) is 5.64. The summed E-state index contributed by atoms with van der Waals surface area (Å²) in [5.41, 5.74) is 2.75. The Kier molecular flexibility index (Phi) is 7.86. The number of sulfone groups is 1. The van der Waals surface area contributed by atoms with Crippen molar-refractivity contribution in [3.63, 3.8) is 0 Å². The SMILES string of the molecule is CCOc1cc([C@@H](CS(C)(=O)=O)N2C(=O)c3cccc(N/N=C4/C=CC(=O)C(C(=O)O)=C4)c3C2=O)ccc1OC. The number of hydrogen-bond acceptors (Lipinski definition) is 10. The molecule has 2 aliphatic rings. The number of hydrogen-bond donors (Lipinski definition) is 2. The third-order valence-corrected chi connectivity index (χ3v) is 7.01. The Morgan fingerprint density at radius 3 is 2.50 bits per heavy atom. The first kappa shape index (κ1) is 28.2. The van der Waals surface area contributed by atoms with Gasteiger partial charge in [0.05, 0.1) is 48.0 Å². The number of imide groups is 1. The molecular formula is C27H25N3O9S. The highest BCUT2D eigenvalue weighted by molar-refractivity contribution is 7.90. The molecule has 2 N–H and O–H groups in total. The van der Waals surface area contributed by atoms with Gasteiger partial charge in [0.2, 0.25) is 0 Å². The van der Waals surface area contributed by atoms with Crippen molar-refractivity contribution < 1.29 is 42.2 Å². The number of carbonyl (C=O) groups excluding carboxylic acids is 3. The normalized spacial score (nSPS) is 16.6. The van der Waals surface area contributed by atoms with E-state index in [9.17, 15) is 32.7 Å². The molecule has 12 nitrogen and oxygen atoms in total. The molecule has 2 amide bonds. The minimum Gasteiger partial charge on any atom is -0.493 e. The van der Waals surface area contributed by atoms with E-state index in [1.807, 2.05) is 0 Å². The topological polar surface area (TPSA) is 169 Å². The molecule has 1 atom stereocenters. The summed E-state index contributed by atoms with van der Waals surface area (Å²) in [6.07, 6.45) is 4.43. The van der Waals surface area contributed by atoms with E-state index in [4.69, 9.17) is 9.47 Å². The number of hydrazone groups is 1. The molecule has 1 aliphatic heterocycles. The maximum atomic E-state index is 13.7. The lowest BCUT2D eigenvalue weighted by Gasteiger charge is -2.27. The van der Waals surface area contributed by atoms with Crippen LogP contribution in [-0.4, -0.2) is 73.4 Å². The van der Waals surface area contributed by atoms with Gasteiger partial charge in [-0.1, -0.05) is 12.1 Å². The largest absolute Gasteiger partial charge is 0.493 e. The fourth-order valence-electron chi connectivity index (χ4n) is 4.33. The van der Waals surface area contributed by atoms with Gasteiger partial charge in [0, 0.05) is 6.26 Å². The zero-order valence-electron chi connectivity index (χ0n) is 21.7. The van der Waals surface area contributed by atoms with Crippen LogP contribution in [-0.2, 0) is 19.4 Å². The molecule has 1 heterocycles. The van der Waals surface area contributed by atoms with Crippen molar-refractivity contribution in [2.75, 3.05) is 31.2 Å². The fraction of sp³-hybridized carbons (Fsp3) is 0.222. The number of amides is 2. The number of benzene rings is 2. The van der Waals surface area contributed by atoms with Crippen LogP contribution in [0.5, 0.6) is 11.5 Å². The van der Waals surface area contributed by atoms with Crippen LogP contribution < -0.4 is 14.9 Å². The first-order chi connectivity index (χ1) is 18.9. The second-order valence-electron chi connectivity index (χ2n) is 8.87. The number of methoxy groups -OCH3 is 1. The second-order valence-corrected chi connectivity index (χ2v) is 11.1. The van der Waals surface area contributed by atoms with Crippen molar-refractivity contribution in [1.29, 1.82) is 0 Å². The van der Waals surface area contributed by atoms with Crippen LogP contribution in [0.3, 0.4) is 0 Å². The van der Waals surface area contributed by atoms with Gasteiger partial charge in [-0.25, -0.2) is 13.2 Å². The van der Waals surface area contributed by atoms with E-state index in [1.54, 1.807) is 19.1 Å². The van der Waals surface area contributed by atoms with E-state index in [0.29, 0.717) is 23.7 Å². The van der Waals surface area contributed by atoms with Gasteiger partial charge in [-0.2, -0.15) is 5.10 Å². The van der Waals surface area contributed by atoms with Crippen molar-refractivity contribution in [1.82, 2.24) is 4.90 Å². The van der Waals surface area contributed by atoms with Gasteiger partial charge in [0.25, 0.3) is 11.8 Å². The summed E-state index contributed by atoms with van der Waals surface area (Å²) in [4.78, 5) is 51.2. The van der Waals surface area contributed by atoms with Gasteiger partial charge in [-0.05, 0) is 55.0 Å². The number of ether oxygens (including phenoxy) is 2. The van der Waals surface area contributed by atoms with E-state index in [2.05, 4.69) is 10.5 Å². The molecule has 1 aliphatic carbocycles. The maximum absolute atomic E-state index is 13.7. The van der Waals surface area contributed by atoms with Crippen LogP contribution in [0.1, 0.15) is 39.2 Å². The van der Waals surface area contributed by atoms with E-state index in [-0.39, 0.29) is 22.5 Å². The summed E-state index contributed by atoms with van der Waals surface area (Å²) in [5, 5.41) is 13.3. The van der Waals surface area contributed by atoms with E-state index in [0.717, 1.165) is 23.3 Å². The predicted molar refractivity (Wildman–Crippen MR) is 144 cm³/mol. The zero-order valence-corrected chi connectivity index (χ0v) is 22.5. The Bertz CT molecular complexity index is 1620. The van der Waals surface area contributed by atoms with Gasteiger partial charge in [-0.3, -0.25) is 24.7 Å². The molecule has 0 aromatic heterocycles. The van der Waals surface area contributed by atoms with Gasteiger partial charge < -0.3 is 14.6 Å². The van der Waals surface area contributed by atoms with Crippen LogP contribution in [0.25, 0.3) is 0 Å². The number of allylic oxidation sites excluding steroid dienone is 3. The number of aliphatic carboxylic acids is 1. The van der Waals surface area contributed by atoms with E-state index >= 15 is 0 Å². The van der Waals surface area contributed by atoms with Gasteiger partial charge in [0.15, 0.2) is 17.3 Å². The van der Waals surface area contributed by atoms with Crippen LogP contribution in [0.2, 0.25) is 0 Å². The summed E-state index contributed by atoms with van der Waals surface area (Å²) in [6, 6.07) is 7.93. The van der Waals surface area contributed by atoms with Crippen molar-refractivity contribution in [3.8, 4) is 11.5 Å². The first-order valence-electron chi connectivity index (χ1n) is 12.0. The molecule has 0 spiro atoms. The molecule has 4 rings (SSSR count). The van der Waals surface area contributed by atoms with Crippen molar-refractivity contribution in [3.05, 3.63) is 76.9 Å². The minimum absolute atomic E-state index is 0.0309. The highest BCUT2D eigenvalue weighted by Crippen LogP contribution is 2.38. The van der Waals surface area contributed by atoms with Crippen LogP contribution in [0.15, 0.2) is 65.3 Å². The van der Waals surface area contributed by atoms with Crippen LogP contribution in [0.4, 0.5) is 5.69 Å². The number of nitrogens with zero attached hydrogens (tertiary/aromatic N) is 2. The van der Waals surface area contributed by atoms with Crippen molar-refractivity contribution in [2.45, 2.75) is 13.0 Å². The molecule has 0 unspecified atom stereocenters. The van der Waals surface area contributed by atoms with Gasteiger partial charge in [-0.15, -0.1) is 0 Å². The minimum atomic E-state index is -3.68.